The molecule has 2 heteroatoms. The average molecular weight is 187 g/mol. The van der Waals surface area contributed by atoms with Crippen LogP contribution in [0.25, 0.3) is 0 Å². The summed E-state index contributed by atoms with van der Waals surface area (Å²) >= 11 is 0. The van der Waals surface area contributed by atoms with Crippen molar-refractivity contribution < 1.29 is 4.74 Å². The Balaban J connectivity index is 2.33. The summed E-state index contributed by atoms with van der Waals surface area (Å²) < 4.78 is 5.30. The van der Waals surface area contributed by atoms with E-state index in [0.29, 0.717) is 13.2 Å². The van der Waals surface area contributed by atoms with E-state index in [1.54, 1.807) is 0 Å². The maximum Gasteiger partial charge on any atom is 0.0866 e. The van der Waals surface area contributed by atoms with E-state index in [4.69, 9.17) is 4.74 Å². The molecule has 0 radical (unpaired) electrons. The quantitative estimate of drug-likeness (QED) is 0.675. The molecule has 1 saturated heterocycles. The van der Waals surface area contributed by atoms with Gasteiger partial charge < -0.3 is 4.74 Å². The Morgan fingerprint density at radius 1 is 1.14 bits per heavy atom. The molecule has 1 heterocycles. The number of hydrogen-bond acceptors (Lipinski definition) is 2. The van der Waals surface area contributed by atoms with Crippen LogP contribution in [0, 0.1) is 11.3 Å². The van der Waals surface area contributed by atoms with E-state index in [9.17, 15) is 5.26 Å². The van der Waals surface area contributed by atoms with Crippen LogP contribution in [0.1, 0.15) is 18.4 Å². The molecule has 0 amide bonds. The van der Waals surface area contributed by atoms with Crippen molar-refractivity contribution in [1.29, 1.82) is 5.26 Å². The molecule has 1 fully saturated rings. The minimum absolute atomic E-state index is 0.306. The van der Waals surface area contributed by atoms with Gasteiger partial charge in [0.05, 0.1) is 11.5 Å². The molecule has 72 valence electrons. The fourth-order valence-electron chi connectivity index (χ4n) is 1.94. The molecular formula is C12H13NO. The van der Waals surface area contributed by atoms with Crippen molar-refractivity contribution in [3.63, 3.8) is 0 Å². The third-order valence-corrected chi connectivity index (χ3v) is 2.89. The van der Waals surface area contributed by atoms with Gasteiger partial charge in [-0.3, -0.25) is 0 Å². The SMILES string of the molecule is N#CC1(c2ccccc2)CCOCC1. The molecule has 0 unspecified atom stereocenters. The normalized spacial score (nSPS) is 19.9. The van der Waals surface area contributed by atoms with E-state index < -0.39 is 0 Å². The molecule has 1 aliphatic rings. The maximum atomic E-state index is 9.29. The number of nitrogens with zero attached hydrogens (tertiary/aromatic N) is 1. The van der Waals surface area contributed by atoms with Gasteiger partial charge in [-0.25, -0.2) is 0 Å². The highest BCUT2D eigenvalue weighted by atomic mass is 16.5. The first kappa shape index (κ1) is 9.23. The Hall–Kier alpha value is -1.33. The lowest BCUT2D eigenvalue weighted by atomic mass is 9.76. The summed E-state index contributed by atoms with van der Waals surface area (Å²) in [5.74, 6) is 0. The Bertz CT molecular complexity index is 333. The molecule has 1 aliphatic heterocycles. The third kappa shape index (κ3) is 1.51. The molecule has 0 saturated carbocycles. The van der Waals surface area contributed by atoms with E-state index in [1.165, 1.54) is 0 Å². The summed E-state index contributed by atoms with van der Waals surface area (Å²) in [6.45, 7) is 1.39. The van der Waals surface area contributed by atoms with Crippen molar-refractivity contribution in [3.8, 4) is 6.07 Å². The number of ether oxygens (including phenoxy) is 1. The van der Waals surface area contributed by atoms with Crippen molar-refractivity contribution in [1.82, 2.24) is 0 Å². The van der Waals surface area contributed by atoms with Gasteiger partial charge in [-0.2, -0.15) is 5.26 Å². The summed E-state index contributed by atoms with van der Waals surface area (Å²) in [4.78, 5) is 0. The highest BCUT2D eigenvalue weighted by Gasteiger charge is 2.34. The van der Waals surface area contributed by atoms with Crippen LogP contribution >= 0.6 is 0 Å². The van der Waals surface area contributed by atoms with Gasteiger partial charge in [-0.05, 0) is 18.4 Å². The van der Waals surface area contributed by atoms with Gasteiger partial charge in [0.25, 0.3) is 0 Å². The molecule has 2 rings (SSSR count). The van der Waals surface area contributed by atoms with Crippen molar-refractivity contribution in [2.24, 2.45) is 0 Å². The van der Waals surface area contributed by atoms with E-state index in [0.717, 1.165) is 18.4 Å². The van der Waals surface area contributed by atoms with Crippen LogP contribution in [0.3, 0.4) is 0 Å². The van der Waals surface area contributed by atoms with Crippen molar-refractivity contribution in [2.45, 2.75) is 18.3 Å². The topological polar surface area (TPSA) is 33.0 Å². The summed E-state index contributed by atoms with van der Waals surface area (Å²) in [7, 11) is 0. The second kappa shape index (κ2) is 3.81. The highest BCUT2D eigenvalue weighted by Crippen LogP contribution is 2.33. The summed E-state index contributed by atoms with van der Waals surface area (Å²) in [6.07, 6.45) is 1.63. The molecule has 2 nitrogen and oxygen atoms in total. The molecule has 1 aromatic carbocycles. The van der Waals surface area contributed by atoms with Crippen LogP contribution in [0.4, 0.5) is 0 Å². The van der Waals surface area contributed by atoms with Gasteiger partial charge in [-0.1, -0.05) is 30.3 Å². The molecule has 1 aromatic rings. The van der Waals surface area contributed by atoms with Crippen LogP contribution in [-0.2, 0) is 10.2 Å². The average Bonchev–Trinajstić information content (AvgIpc) is 2.31. The first-order chi connectivity index (χ1) is 6.87. The van der Waals surface area contributed by atoms with Crippen LogP contribution in [0.5, 0.6) is 0 Å². The molecular weight excluding hydrogens is 174 g/mol. The zero-order chi connectivity index (χ0) is 9.86. The van der Waals surface area contributed by atoms with E-state index in [2.05, 4.69) is 6.07 Å². The smallest absolute Gasteiger partial charge is 0.0866 e. The first-order valence-electron chi connectivity index (χ1n) is 4.92. The minimum Gasteiger partial charge on any atom is -0.381 e. The van der Waals surface area contributed by atoms with E-state index in [1.807, 2.05) is 30.3 Å². The molecule has 0 spiro atoms. The summed E-state index contributed by atoms with van der Waals surface area (Å²) in [6, 6.07) is 12.5. The third-order valence-electron chi connectivity index (χ3n) is 2.89. The molecule has 14 heavy (non-hydrogen) atoms. The van der Waals surface area contributed by atoms with E-state index in [-0.39, 0.29) is 5.41 Å². The summed E-state index contributed by atoms with van der Waals surface area (Å²) in [5, 5.41) is 9.29. The number of nitriles is 1. The predicted molar refractivity (Wildman–Crippen MR) is 53.8 cm³/mol. The van der Waals surface area contributed by atoms with Gasteiger partial charge >= 0.3 is 0 Å². The molecule has 0 atom stereocenters. The zero-order valence-electron chi connectivity index (χ0n) is 8.07. The Kier molecular flexibility index (Phi) is 2.51. The van der Waals surface area contributed by atoms with Gasteiger partial charge in [-0.15, -0.1) is 0 Å². The summed E-state index contributed by atoms with van der Waals surface area (Å²) in [5.41, 5.74) is 0.824. The first-order valence-corrected chi connectivity index (χ1v) is 4.92. The second-order valence-electron chi connectivity index (χ2n) is 3.67. The molecule has 0 aromatic heterocycles. The van der Waals surface area contributed by atoms with Gasteiger partial charge in [0.2, 0.25) is 0 Å². The van der Waals surface area contributed by atoms with Crippen molar-refractivity contribution in [3.05, 3.63) is 35.9 Å². The monoisotopic (exact) mass is 187 g/mol. The second-order valence-corrected chi connectivity index (χ2v) is 3.67. The minimum atomic E-state index is -0.306. The molecule has 0 bridgehead atoms. The van der Waals surface area contributed by atoms with Crippen LogP contribution in [0.2, 0.25) is 0 Å². The van der Waals surface area contributed by atoms with Gasteiger partial charge in [0, 0.05) is 13.2 Å². The Morgan fingerprint density at radius 2 is 1.79 bits per heavy atom. The Labute approximate surface area is 84.1 Å². The Morgan fingerprint density at radius 3 is 2.36 bits per heavy atom. The largest absolute Gasteiger partial charge is 0.381 e. The molecule has 0 N–H and O–H groups in total. The van der Waals surface area contributed by atoms with Crippen LogP contribution < -0.4 is 0 Å². The van der Waals surface area contributed by atoms with Gasteiger partial charge in [0.1, 0.15) is 0 Å². The number of rotatable bonds is 1. The van der Waals surface area contributed by atoms with Crippen molar-refractivity contribution >= 4 is 0 Å². The van der Waals surface area contributed by atoms with Gasteiger partial charge in [0.15, 0.2) is 0 Å². The highest BCUT2D eigenvalue weighted by molar-refractivity contribution is 5.32. The standard InChI is InChI=1S/C12H13NO/c13-10-12(6-8-14-9-7-12)11-4-2-1-3-5-11/h1-5H,6-9H2. The van der Waals surface area contributed by atoms with Crippen LogP contribution in [0.15, 0.2) is 30.3 Å². The van der Waals surface area contributed by atoms with Crippen LogP contribution in [-0.4, -0.2) is 13.2 Å². The zero-order valence-corrected chi connectivity index (χ0v) is 8.07. The number of hydrogen-bond donors (Lipinski definition) is 0. The fourth-order valence-corrected chi connectivity index (χ4v) is 1.94. The van der Waals surface area contributed by atoms with Crippen molar-refractivity contribution in [2.75, 3.05) is 13.2 Å². The lowest BCUT2D eigenvalue weighted by molar-refractivity contribution is 0.0675. The maximum absolute atomic E-state index is 9.29. The fraction of sp³-hybridized carbons (Fsp3) is 0.417. The number of benzene rings is 1. The lowest BCUT2D eigenvalue weighted by Crippen LogP contribution is -2.32. The predicted octanol–water partition coefficient (Wildman–Crippen LogP) is 2.26. The lowest BCUT2D eigenvalue weighted by Gasteiger charge is -2.30. The molecule has 0 aliphatic carbocycles. The van der Waals surface area contributed by atoms with E-state index >= 15 is 0 Å².